The quantitative estimate of drug-likeness (QED) is 0.745. The molecule has 1 saturated carbocycles. The minimum absolute atomic E-state index is 0.00359. The van der Waals surface area contributed by atoms with Crippen LogP contribution in [0.3, 0.4) is 0 Å². The number of carbonyl (C=O) groups excluding carboxylic acids is 1. The first-order valence-electron chi connectivity index (χ1n) is 10.3. The van der Waals surface area contributed by atoms with Gasteiger partial charge in [0, 0.05) is 49.2 Å². The molecule has 1 saturated heterocycles. The van der Waals surface area contributed by atoms with Crippen LogP contribution in [0.5, 0.6) is 0 Å². The van der Waals surface area contributed by atoms with Crippen molar-refractivity contribution in [2.24, 2.45) is 5.92 Å². The molecule has 2 aliphatic rings. The Morgan fingerprint density at radius 2 is 2.10 bits per heavy atom. The van der Waals surface area contributed by atoms with Crippen molar-refractivity contribution in [2.75, 3.05) is 19.6 Å². The Morgan fingerprint density at radius 1 is 1.34 bits per heavy atom. The van der Waals surface area contributed by atoms with Gasteiger partial charge in [0.1, 0.15) is 0 Å². The number of hydrogen-bond acceptors (Lipinski definition) is 4. The molecular formula is C21H28N4O4. The lowest BCUT2D eigenvalue weighted by Crippen LogP contribution is -2.50. The fraction of sp³-hybridized carbons (Fsp3) is 0.571. The van der Waals surface area contributed by atoms with Crippen molar-refractivity contribution in [1.29, 1.82) is 0 Å². The van der Waals surface area contributed by atoms with Crippen molar-refractivity contribution in [3.63, 3.8) is 0 Å². The molecule has 2 heterocycles. The van der Waals surface area contributed by atoms with E-state index in [0.717, 1.165) is 29.3 Å². The zero-order valence-corrected chi connectivity index (χ0v) is 16.9. The summed E-state index contributed by atoms with van der Waals surface area (Å²) >= 11 is 0. The predicted molar refractivity (Wildman–Crippen MR) is 108 cm³/mol. The van der Waals surface area contributed by atoms with E-state index >= 15 is 0 Å². The largest absolute Gasteiger partial charge is 0.465 e. The zero-order chi connectivity index (χ0) is 20.5. The summed E-state index contributed by atoms with van der Waals surface area (Å²) in [5, 5.41) is 17.5. The Bertz CT molecular complexity index is 915. The molecule has 0 bridgehead atoms. The molecule has 8 nitrogen and oxygen atoms in total. The Labute approximate surface area is 169 Å². The number of hydrogen-bond donors (Lipinski definition) is 2. The second-order valence-electron chi connectivity index (χ2n) is 8.29. The van der Waals surface area contributed by atoms with Crippen LogP contribution < -0.4 is 5.32 Å². The summed E-state index contributed by atoms with van der Waals surface area (Å²) in [4.78, 5) is 25.0. The van der Waals surface area contributed by atoms with E-state index in [2.05, 4.69) is 10.4 Å². The van der Waals surface area contributed by atoms with Crippen LogP contribution in [0, 0.1) is 12.8 Å². The van der Waals surface area contributed by atoms with Crippen molar-refractivity contribution in [3.05, 3.63) is 29.5 Å². The van der Waals surface area contributed by atoms with Crippen molar-refractivity contribution in [1.82, 2.24) is 20.0 Å². The maximum absolute atomic E-state index is 12.7. The number of amides is 2. The predicted octanol–water partition coefficient (Wildman–Crippen LogP) is 2.64. The molecule has 1 atom stereocenters. The molecule has 1 unspecified atom stereocenters. The van der Waals surface area contributed by atoms with E-state index in [-0.39, 0.29) is 17.9 Å². The molecule has 4 rings (SSSR count). The first kappa shape index (κ1) is 19.7. The van der Waals surface area contributed by atoms with Crippen LogP contribution in [0.25, 0.3) is 10.9 Å². The van der Waals surface area contributed by atoms with Crippen LogP contribution in [-0.2, 0) is 11.3 Å². The normalized spacial score (nSPS) is 18.3. The molecule has 2 aromatic rings. The minimum atomic E-state index is -0.870. The number of carbonyl (C=O) groups is 2. The second kappa shape index (κ2) is 8.02. The fourth-order valence-corrected chi connectivity index (χ4v) is 3.94. The maximum atomic E-state index is 12.7. The van der Waals surface area contributed by atoms with Crippen LogP contribution in [0.4, 0.5) is 4.79 Å². The van der Waals surface area contributed by atoms with Crippen LogP contribution in [0.15, 0.2) is 18.3 Å². The molecule has 0 radical (unpaired) electrons. The van der Waals surface area contributed by atoms with E-state index in [1.165, 1.54) is 11.3 Å². The molecule has 2 amide bonds. The summed E-state index contributed by atoms with van der Waals surface area (Å²) in [6.45, 7) is 6.18. The second-order valence-corrected chi connectivity index (χ2v) is 8.29. The highest BCUT2D eigenvalue weighted by molar-refractivity contribution is 6.00. The Kier molecular flexibility index (Phi) is 5.45. The molecular weight excluding hydrogens is 372 g/mol. The molecule has 29 heavy (non-hydrogen) atoms. The van der Waals surface area contributed by atoms with E-state index in [1.54, 1.807) is 0 Å². The maximum Gasteiger partial charge on any atom is 0.407 e. The van der Waals surface area contributed by atoms with Crippen LogP contribution >= 0.6 is 0 Å². The lowest BCUT2D eigenvalue weighted by atomic mass is 9.96. The van der Waals surface area contributed by atoms with Crippen molar-refractivity contribution < 1.29 is 19.4 Å². The highest BCUT2D eigenvalue weighted by Gasteiger charge is 2.30. The molecule has 2 N–H and O–H groups in total. The summed E-state index contributed by atoms with van der Waals surface area (Å²) in [6.07, 6.45) is 4.90. The highest BCUT2D eigenvalue weighted by atomic mass is 16.5. The number of aryl methyl sites for hydroxylation is 1. The molecule has 1 aromatic carbocycles. The van der Waals surface area contributed by atoms with Crippen LogP contribution in [0.1, 0.15) is 42.1 Å². The number of aromatic nitrogens is 2. The van der Waals surface area contributed by atoms with Gasteiger partial charge in [-0.3, -0.25) is 9.48 Å². The van der Waals surface area contributed by atoms with Gasteiger partial charge in [0.2, 0.25) is 0 Å². The zero-order valence-electron chi connectivity index (χ0n) is 16.9. The first-order chi connectivity index (χ1) is 13.9. The summed E-state index contributed by atoms with van der Waals surface area (Å²) in [7, 11) is 0. The molecule has 1 aliphatic carbocycles. The van der Waals surface area contributed by atoms with Gasteiger partial charge in [-0.05, 0) is 50.8 Å². The number of likely N-dealkylation sites (tertiary alicyclic amines) is 1. The highest BCUT2D eigenvalue weighted by Crippen LogP contribution is 2.24. The van der Waals surface area contributed by atoms with E-state index in [9.17, 15) is 9.59 Å². The topological polar surface area (TPSA) is 96.7 Å². The summed E-state index contributed by atoms with van der Waals surface area (Å²) in [5.74, 6) is 0.179. The van der Waals surface area contributed by atoms with E-state index in [0.29, 0.717) is 37.8 Å². The standard InChI is InChI=1S/C21H28N4O4/c1-13(29-16-4-3-5-16)8-22-20(26)17-6-7-19-18(14(17)2)12-25(23-19)11-15-9-24(10-15)21(27)28/h6-7,12-13,15-16H,3-5,8-11H2,1-2H3,(H,22,26)(H,27,28). The number of carboxylic acid groups (broad SMARTS) is 1. The number of benzene rings is 1. The first-order valence-corrected chi connectivity index (χ1v) is 10.3. The third kappa shape index (κ3) is 4.22. The Balaban J connectivity index is 1.37. The number of fused-ring (bicyclic) bond motifs is 1. The van der Waals surface area contributed by atoms with E-state index in [1.807, 2.05) is 36.9 Å². The van der Waals surface area contributed by atoms with Crippen LogP contribution in [-0.4, -0.2) is 63.6 Å². The number of ether oxygens (including phenoxy) is 1. The number of nitrogens with zero attached hydrogens (tertiary/aromatic N) is 3. The van der Waals surface area contributed by atoms with Gasteiger partial charge >= 0.3 is 6.09 Å². The molecule has 156 valence electrons. The van der Waals surface area contributed by atoms with E-state index in [4.69, 9.17) is 9.84 Å². The average molecular weight is 400 g/mol. The minimum Gasteiger partial charge on any atom is -0.465 e. The average Bonchev–Trinajstić information content (AvgIpc) is 3.02. The summed E-state index contributed by atoms with van der Waals surface area (Å²) in [6, 6.07) is 3.68. The monoisotopic (exact) mass is 400 g/mol. The molecule has 0 spiro atoms. The lowest BCUT2D eigenvalue weighted by molar-refractivity contribution is -0.0412. The molecule has 1 aliphatic heterocycles. The fourth-order valence-electron chi connectivity index (χ4n) is 3.94. The Morgan fingerprint density at radius 3 is 2.76 bits per heavy atom. The van der Waals surface area contributed by atoms with E-state index < -0.39 is 6.09 Å². The van der Waals surface area contributed by atoms with Crippen molar-refractivity contribution in [3.8, 4) is 0 Å². The smallest absolute Gasteiger partial charge is 0.407 e. The van der Waals surface area contributed by atoms with Crippen molar-refractivity contribution in [2.45, 2.75) is 51.9 Å². The third-order valence-electron chi connectivity index (χ3n) is 5.95. The van der Waals surface area contributed by atoms with Gasteiger partial charge in [-0.1, -0.05) is 0 Å². The van der Waals surface area contributed by atoms with Gasteiger partial charge in [-0.25, -0.2) is 4.79 Å². The van der Waals surface area contributed by atoms with Gasteiger partial charge in [0.25, 0.3) is 5.91 Å². The SMILES string of the molecule is Cc1c(C(=O)NCC(C)OC2CCC2)ccc2nn(CC3CN(C(=O)O)C3)cc12. The van der Waals surface area contributed by atoms with Gasteiger partial charge < -0.3 is 20.1 Å². The molecule has 8 heteroatoms. The van der Waals surface area contributed by atoms with Gasteiger partial charge in [0.15, 0.2) is 0 Å². The number of rotatable bonds is 7. The van der Waals surface area contributed by atoms with Crippen LogP contribution in [0.2, 0.25) is 0 Å². The van der Waals surface area contributed by atoms with Gasteiger partial charge in [0.05, 0.1) is 17.7 Å². The van der Waals surface area contributed by atoms with Gasteiger partial charge in [-0.2, -0.15) is 5.10 Å². The third-order valence-corrected chi connectivity index (χ3v) is 5.95. The molecule has 1 aromatic heterocycles. The molecule has 2 fully saturated rings. The summed E-state index contributed by atoms with van der Waals surface area (Å²) in [5.41, 5.74) is 2.39. The van der Waals surface area contributed by atoms with Crippen molar-refractivity contribution >= 4 is 22.9 Å². The summed E-state index contributed by atoms with van der Waals surface area (Å²) < 4.78 is 7.74. The Hall–Kier alpha value is -2.61. The number of nitrogens with one attached hydrogen (secondary N) is 1. The lowest BCUT2D eigenvalue weighted by Gasteiger charge is -2.36. The van der Waals surface area contributed by atoms with Gasteiger partial charge in [-0.15, -0.1) is 0 Å².